The first kappa shape index (κ1) is 20.9. The molecule has 1 aromatic heterocycles. The van der Waals surface area contributed by atoms with Gasteiger partial charge in [0.05, 0.1) is 12.4 Å². The summed E-state index contributed by atoms with van der Waals surface area (Å²) in [5.74, 6) is 1.12. The van der Waals surface area contributed by atoms with Crippen molar-refractivity contribution >= 4 is 66.6 Å². The third-order valence-corrected chi connectivity index (χ3v) is 9.23. The maximum Gasteiger partial charge on any atom is 0.250 e. The lowest BCUT2D eigenvalue weighted by molar-refractivity contribution is -0.142. The summed E-state index contributed by atoms with van der Waals surface area (Å²) < 4.78 is 29.2. The highest BCUT2D eigenvalue weighted by molar-refractivity contribution is 7.99. The third-order valence-electron chi connectivity index (χ3n) is 4.98. The van der Waals surface area contributed by atoms with E-state index in [4.69, 9.17) is 11.6 Å². The highest BCUT2D eigenvalue weighted by Gasteiger charge is 2.34. The highest BCUT2D eigenvalue weighted by Crippen LogP contribution is 2.31. The average molecular weight is 474 g/mol. The van der Waals surface area contributed by atoms with E-state index in [1.165, 1.54) is 4.90 Å². The number of amides is 2. The lowest BCUT2D eigenvalue weighted by atomic mass is 10.1. The number of carbonyl (C=O) groups is 2. The number of hydrogen-bond donors (Lipinski definition) is 1. The molecule has 156 valence electrons. The molecule has 1 unspecified atom stereocenters. The van der Waals surface area contributed by atoms with Gasteiger partial charge in [0.1, 0.15) is 10.3 Å². The summed E-state index contributed by atoms with van der Waals surface area (Å²) in [6.45, 7) is 1.15. The summed E-state index contributed by atoms with van der Waals surface area (Å²) in [7, 11) is -3.86. The quantitative estimate of drug-likeness (QED) is 0.720. The number of hydrogen-bond acceptors (Lipinski definition) is 6. The molecule has 4 rings (SSSR count). The number of sulfonamides is 1. The molecule has 0 aliphatic carbocycles. The van der Waals surface area contributed by atoms with Gasteiger partial charge in [0.15, 0.2) is 0 Å². The topological polar surface area (TPSA) is 86.8 Å². The van der Waals surface area contributed by atoms with Crippen molar-refractivity contribution in [2.24, 2.45) is 0 Å². The Kier molecular flexibility index (Phi) is 6.08. The SMILES string of the molecule is O=C(CN1CCCC(NS(=O)(=O)c2cc3ccc(Cl)cc3s2)C1=O)N1CCSC1. The van der Waals surface area contributed by atoms with Crippen LogP contribution in [0.1, 0.15) is 12.8 Å². The maximum absolute atomic E-state index is 12.9. The number of thioether (sulfide) groups is 1. The molecule has 2 aromatic rings. The minimum absolute atomic E-state index is 0.000984. The molecule has 1 N–H and O–H groups in total. The molecule has 0 saturated carbocycles. The van der Waals surface area contributed by atoms with E-state index in [1.807, 2.05) is 0 Å². The van der Waals surface area contributed by atoms with Crippen LogP contribution in [0.2, 0.25) is 5.02 Å². The number of nitrogens with zero attached hydrogens (tertiary/aromatic N) is 2. The van der Waals surface area contributed by atoms with Crippen LogP contribution in [0.15, 0.2) is 28.5 Å². The first-order valence-corrected chi connectivity index (χ1v) is 13.0. The third kappa shape index (κ3) is 4.56. The van der Waals surface area contributed by atoms with Crippen LogP contribution in [0.4, 0.5) is 0 Å². The Labute approximate surface area is 182 Å². The number of carbonyl (C=O) groups excluding carboxylic acids is 2. The van der Waals surface area contributed by atoms with Crippen molar-refractivity contribution in [3.63, 3.8) is 0 Å². The van der Waals surface area contributed by atoms with Gasteiger partial charge < -0.3 is 9.80 Å². The lowest BCUT2D eigenvalue weighted by Gasteiger charge is -2.32. The molecule has 2 fully saturated rings. The lowest BCUT2D eigenvalue weighted by Crippen LogP contribution is -2.54. The Morgan fingerprint density at radius 3 is 2.86 bits per heavy atom. The van der Waals surface area contributed by atoms with Crippen LogP contribution in [0.3, 0.4) is 0 Å². The predicted octanol–water partition coefficient (Wildman–Crippen LogP) is 2.36. The summed E-state index contributed by atoms with van der Waals surface area (Å²) in [6, 6.07) is 5.92. The van der Waals surface area contributed by atoms with Gasteiger partial charge in [-0.15, -0.1) is 23.1 Å². The first-order chi connectivity index (χ1) is 13.8. The molecule has 2 aliphatic rings. The van der Waals surface area contributed by atoms with Gasteiger partial charge in [0.25, 0.3) is 10.0 Å². The van der Waals surface area contributed by atoms with Gasteiger partial charge in [-0.2, -0.15) is 4.72 Å². The molecular formula is C18H20ClN3O4S3. The van der Waals surface area contributed by atoms with E-state index in [9.17, 15) is 18.0 Å². The number of fused-ring (bicyclic) bond motifs is 1. The molecule has 1 atom stereocenters. The van der Waals surface area contributed by atoms with E-state index >= 15 is 0 Å². The van der Waals surface area contributed by atoms with Crippen molar-refractivity contribution in [1.82, 2.24) is 14.5 Å². The van der Waals surface area contributed by atoms with Crippen LogP contribution in [0.5, 0.6) is 0 Å². The Balaban J connectivity index is 1.46. The molecule has 1 aromatic carbocycles. The molecule has 2 aliphatic heterocycles. The van der Waals surface area contributed by atoms with E-state index in [-0.39, 0.29) is 22.6 Å². The van der Waals surface area contributed by atoms with Crippen molar-refractivity contribution in [1.29, 1.82) is 0 Å². The van der Waals surface area contributed by atoms with Crippen LogP contribution in [0, 0.1) is 0 Å². The summed E-state index contributed by atoms with van der Waals surface area (Å²) in [6.07, 6.45) is 1.06. The zero-order valence-corrected chi connectivity index (χ0v) is 18.7. The van der Waals surface area contributed by atoms with Crippen molar-refractivity contribution < 1.29 is 18.0 Å². The number of thiophene rings is 1. The van der Waals surface area contributed by atoms with Gasteiger partial charge in [-0.1, -0.05) is 17.7 Å². The number of halogens is 1. The van der Waals surface area contributed by atoms with Crippen LogP contribution in [0.25, 0.3) is 10.1 Å². The van der Waals surface area contributed by atoms with Gasteiger partial charge in [-0.25, -0.2) is 8.42 Å². The average Bonchev–Trinajstić information content (AvgIpc) is 3.34. The molecule has 3 heterocycles. The Morgan fingerprint density at radius 2 is 2.10 bits per heavy atom. The largest absolute Gasteiger partial charge is 0.332 e. The molecule has 0 spiro atoms. The van der Waals surface area contributed by atoms with Crippen molar-refractivity contribution in [3.05, 3.63) is 29.3 Å². The van der Waals surface area contributed by atoms with E-state index in [0.29, 0.717) is 36.8 Å². The standard InChI is InChI=1S/C18H20ClN3O4S3/c19-13-4-3-12-8-17(28-15(12)9-13)29(25,26)20-14-2-1-5-21(18(14)24)10-16(23)22-6-7-27-11-22/h3-4,8-9,14,20H,1-2,5-7,10-11H2. The van der Waals surface area contributed by atoms with Crippen LogP contribution in [-0.2, 0) is 19.6 Å². The fourth-order valence-corrected chi connectivity index (χ4v) is 7.33. The Morgan fingerprint density at radius 1 is 1.28 bits per heavy atom. The fourth-order valence-electron chi connectivity index (χ4n) is 3.44. The predicted molar refractivity (Wildman–Crippen MR) is 116 cm³/mol. The van der Waals surface area contributed by atoms with Crippen molar-refractivity contribution in [3.8, 4) is 0 Å². The van der Waals surface area contributed by atoms with E-state index in [1.54, 1.807) is 40.9 Å². The molecule has 0 radical (unpaired) electrons. The van der Waals surface area contributed by atoms with Crippen molar-refractivity contribution in [2.75, 3.05) is 31.3 Å². The second-order valence-electron chi connectivity index (χ2n) is 7.02. The summed E-state index contributed by atoms with van der Waals surface area (Å²) in [4.78, 5) is 28.4. The number of benzene rings is 1. The molecule has 2 saturated heterocycles. The fraction of sp³-hybridized carbons (Fsp3) is 0.444. The minimum Gasteiger partial charge on any atom is -0.332 e. The number of piperidine rings is 1. The first-order valence-electron chi connectivity index (χ1n) is 9.19. The number of rotatable bonds is 5. The minimum atomic E-state index is -3.86. The molecule has 0 bridgehead atoms. The number of likely N-dealkylation sites (tertiary alicyclic amines) is 1. The molecule has 11 heteroatoms. The monoisotopic (exact) mass is 473 g/mol. The van der Waals surface area contributed by atoms with Gasteiger partial charge in [-0.3, -0.25) is 9.59 Å². The van der Waals surface area contributed by atoms with Crippen LogP contribution >= 0.6 is 34.7 Å². The normalized spacial score (nSPS) is 20.6. The second-order valence-corrected chi connectivity index (χ2v) is 11.6. The summed E-state index contributed by atoms with van der Waals surface area (Å²) >= 11 is 8.78. The van der Waals surface area contributed by atoms with Gasteiger partial charge >= 0.3 is 0 Å². The highest BCUT2D eigenvalue weighted by atomic mass is 35.5. The summed E-state index contributed by atoms with van der Waals surface area (Å²) in [5, 5.41) is 1.32. The molecule has 7 nitrogen and oxygen atoms in total. The summed E-state index contributed by atoms with van der Waals surface area (Å²) in [5.41, 5.74) is 0. The molecule has 29 heavy (non-hydrogen) atoms. The molecule has 2 amide bonds. The van der Waals surface area contributed by atoms with Crippen LogP contribution < -0.4 is 4.72 Å². The maximum atomic E-state index is 12.9. The van der Waals surface area contributed by atoms with E-state index in [0.717, 1.165) is 27.2 Å². The van der Waals surface area contributed by atoms with Crippen LogP contribution in [-0.4, -0.2) is 67.3 Å². The zero-order valence-electron chi connectivity index (χ0n) is 15.5. The zero-order chi connectivity index (χ0) is 20.6. The van der Waals surface area contributed by atoms with Gasteiger partial charge in [0.2, 0.25) is 11.8 Å². The smallest absolute Gasteiger partial charge is 0.250 e. The number of nitrogens with one attached hydrogen (secondary N) is 1. The van der Waals surface area contributed by atoms with Gasteiger partial charge in [0, 0.05) is 28.6 Å². The van der Waals surface area contributed by atoms with E-state index in [2.05, 4.69) is 4.72 Å². The Hall–Kier alpha value is -1.33. The molecular weight excluding hydrogens is 454 g/mol. The van der Waals surface area contributed by atoms with E-state index < -0.39 is 16.1 Å². The van der Waals surface area contributed by atoms with Crippen molar-refractivity contribution in [2.45, 2.75) is 23.1 Å². The van der Waals surface area contributed by atoms with Gasteiger partial charge in [-0.05, 0) is 36.4 Å². The Bertz CT molecular complexity index is 1050. The second kappa shape index (κ2) is 8.43.